The molecule has 0 bridgehead atoms. The van der Waals surface area contributed by atoms with Crippen LogP contribution in [0.15, 0.2) is 24.3 Å². The summed E-state index contributed by atoms with van der Waals surface area (Å²) < 4.78 is 0. The fraction of sp³-hybridized carbons (Fsp3) is 0.300. The summed E-state index contributed by atoms with van der Waals surface area (Å²) >= 11 is 5.82. The van der Waals surface area contributed by atoms with Crippen molar-refractivity contribution in [3.8, 4) is 0 Å². The van der Waals surface area contributed by atoms with Crippen LogP contribution in [0.1, 0.15) is 24.8 Å². The van der Waals surface area contributed by atoms with Crippen molar-refractivity contribution in [2.45, 2.75) is 19.3 Å². The Labute approximate surface area is 73.2 Å². The molecule has 0 fully saturated rings. The van der Waals surface area contributed by atoms with E-state index in [1.165, 1.54) is 5.56 Å². The minimum absolute atomic E-state index is 0.369. The van der Waals surface area contributed by atoms with E-state index >= 15 is 0 Å². The van der Waals surface area contributed by atoms with Gasteiger partial charge in [0.1, 0.15) is 0 Å². The first-order valence-electron chi connectivity index (χ1n) is 3.82. The van der Waals surface area contributed by atoms with Crippen LogP contribution in [0.5, 0.6) is 0 Å². The van der Waals surface area contributed by atoms with Crippen LogP contribution >= 0.6 is 11.6 Å². The molecule has 1 heteroatoms. The van der Waals surface area contributed by atoms with Gasteiger partial charge in [-0.1, -0.05) is 30.7 Å². The van der Waals surface area contributed by atoms with Crippen LogP contribution in [0.2, 0.25) is 5.02 Å². The highest BCUT2D eigenvalue weighted by molar-refractivity contribution is 6.30. The summed E-state index contributed by atoms with van der Waals surface area (Å²) in [5, 5.41) is 0.796. The van der Waals surface area contributed by atoms with Gasteiger partial charge in [0.25, 0.3) is 0 Å². The summed E-state index contributed by atoms with van der Waals surface area (Å²) in [6, 6.07) is 7.88. The van der Waals surface area contributed by atoms with Crippen LogP contribution in [0.3, 0.4) is 0 Å². The zero-order chi connectivity index (χ0) is 8.27. The number of benzene rings is 1. The van der Waals surface area contributed by atoms with Gasteiger partial charge in [-0.2, -0.15) is 0 Å². The van der Waals surface area contributed by atoms with Gasteiger partial charge in [-0.25, -0.2) is 0 Å². The van der Waals surface area contributed by atoms with Crippen molar-refractivity contribution < 1.29 is 0 Å². The molecule has 0 spiro atoms. The molecule has 11 heavy (non-hydrogen) atoms. The Morgan fingerprint density at radius 2 is 2.27 bits per heavy atom. The van der Waals surface area contributed by atoms with Gasteiger partial charge in [0.2, 0.25) is 0 Å². The van der Waals surface area contributed by atoms with Crippen LogP contribution in [0.4, 0.5) is 0 Å². The number of hydrogen-bond acceptors (Lipinski definition) is 0. The Hall–Kier alpha value is -0.490. The molecule has 0 nitrogen and oxygen atoms in total. The predicted octanol–water partition coefficient (Wildman–Crippen LogP) is 3.67. The van der Waals surface area contributed by atoms with E-state index in [9.17, 15) is 0 Å². The highest BCUT2D eigenvalue weighted by Crippen LogP contribution is 2.20. The third-order valence-corrected chi connectivity index (χ3v) is 2.05. The molecular weight excluding hydrogens is 156 g/mol. The van der Waals surface area contributed by atoms with Gasteiger partial charge in [0, 0.05) is 5.02 Å². The Bertz CT molecular complexity index is 230. The molecule has 0 aromatic heterocycles. The van der Waals surface area contributed by atoms with Crippen molar-refractivity contribution >= 4 is 11.6 Å². The zero-order valence-electron chi connectivity index (χ0n) is 6.68. The maximum atomic E-state index is 5.82. The minimum Gasteiger partial charge on any atom is -0.0843 e. The van der Waals surface area contributed by atoms with Crippen LogP contribution in [-0.4, -0.2) is 0 Å². The van der Waals surface area contributed by atoms with Crippen LogP contribution in [0, 0.1) is 6.92 Å². The van der Waals surface area contributed by atoms with Crippen molar-refractivity contribution in [2.24, 2.45) is 0 Å². The number of rotatable bonds is 2. The summed E-state index contributed by atoms with van der Waals surface area (Å²) in [7, 11) is 0. The summed E-state index contributed by atoms with van der Waals surface area (Å²) in [6.07, 6.45) is 1.06. The molecular formula is C10H12Cl. The van der Waals surface area contributed by atoms with E-state index in [0.29, 0.717) is 5.92 Å². The van der Waals surface area contributed by atoms with Crippen molar-refractivity contribution in [2.75, 3.05) is 0 Å². The normalized spacial score (nSPS) is 13.0. The second-order valence-electron chi connectivity index (χ2n) is 2.66. The summed E-state index contributed by atoms with van der Waals surface area (Å²) in [5.74, 6) is 0.369. The number of hydrogen-bond donors (Lipinski definition) is 0. The van der Waals surface area contributed by atoms with Crippen molar-refractivity contribution in [1.82, 2.24) is 0 Å². The average Bonchev–Trinajstić information content (AvgIpc) is 2.03. The highest BCUT2D eigenvalue weighted by Gasteiger charge is 2.01. The lowest BCUT2D eigenvalue weighted by molar-refractivity contribution is 0.802. The smallest absolute Gasteiger partial charge is 0.0408 e. The van der Waals surface area contributed by atoms with Crippen molar-refractivity contribution in [3.05, 3.63) is 41.8 Å². The molecule has 0 aliphatic heterocycles. The van der Waals surface area contributed by atoms with Crippen LogP contribution in [0.25, 0.3) is 0 Å². The van der Waals surface area contributed by atoms with Gasteiger partial charge in [0.15, 0.2) is 0 Å². The predicted molar refractivity (Wildman–Crippen MR) is 49.8 cm³/mol. The molecule has 0 aliphatic carbocycles. The Kier molecular flexibility index (Phi) is 2.95. The second-order valence-corrected chi connectivity index (χ2v) is 3.10. The molecule has 0 heterocycles. The maximum Gasteiger partial charge on any atom is 0.0408 e. The summed E-state index contributed by atoms with van der Waals surface area (Å²) in [6.45, 7) is 6.13. The molecule has 0 saturated heterocycles. The number of halogens is 1. The van der Waals surface area contributed by atoms with Gasteiger partial charge >= 0.3 is 0 Å². The lowest BCUT2D eigenvalue weighted by atomic mass is 9.99. The van der Waals surface area contributed by atoms with Gasteiger partial charge in [0.05, 0.1) is 0 Å². The monoisotopic (exact) mass is 167 g/mol. The van der Waals surface area contributed by atoms with Crippen LogP contribution in [-0.2, 0) is 0 Å². The molecule has 1 unspecified atom stereocenters. The standard InChI is InChI=1S/C10H12Cl/c1-3-8(2)9-5-4-6-10(11)7-9/h4-8H,2-3H2,1H3. The van der Waals surface area contributed by atoms with Crippen molar-refractivity contribution in [3.63, 3.8) is 0 Å². The van der Waals surface area contributed by atoms with Crippen LogP contribution < -0.4 is 0 Å². The van der Waals surface area contributed by atoms with E-state index < -0.39 is 0 Å². The van der Waals surface area contributed by atoms with Gasteiger partial charge < -0.3 is 0 Å². The average molecular weight is 168 g/mol. The Morgan fingerprint density at radius 3 is 2.82 bits per heavy atom. The lowest BCUT2D eigenvalue weighted by Gasteiger charge is -2.07. The Balaban J connectivity index is 2.86. The van der Waals surface area contributed by atoms with Crippen molar-refractivity contribution in [1.29, 1.82) is 0 Å². The largest absolute Gasteiger partial charge is 0.0843 e. The molecule has 0 N–H and O–H groups in total. The SMILES string of the molecule is [CH2]C(CC)c1cccc(Cl)c1. The molecule has 1 aromatic carbocycles. The molecule has 0 aliphatic rings. The summed E-state index contributed by atoms with van der Waals surface area (Å²) in [4.78, 5) is 0. The first-order valence-corrected chi connectivity index (χ1v) is 4.20. The quantitative estimate of drug-likeness (QED) is 0.631. The molecule has 0 saturated carbocycles. The fourth-order valence-corrected chi connectivity index (χ4v) is 1.19. The second kappa shape index (κ2) is 3.77. The molecule has 1 atom stereocenters. The van der Waals surface area contributed by atoms with E-state index in [4.69, 9.17) is 11.6 Å². The first kappa shape index (κ1) is 8.61. The van der Waals surface area contributed by atoms with Gasteiger partial charge in [-0.05, 0) is 37.0 Å². The molecule has 0 amide bonds. The Morgan fingerprint density at radius 1 is 1.55 bits per heavy atom. The van der Waals surface area contributed by atoms with E-state index in [-0.39, 0.29) is 0 Å². The lowest BCUT2D eigenvalue weighted by Crippen LogP contribution is -1.90. The maximum absolute atomic E-state index is 5.82. The van der Waals surface area contributed by atoms with E-state index in [0.717, 1.165) is 11.4 Å². The van der Waals surface area contributed by atoms with Gasteiger partial charge in [-0.3, -0.25) is 0 Å². The zero-order valence-corrected chi connectivity index (χ0v) is 7.43. The van der Waals surface area contributed by atoms with Gasteiger partial charge in [-0.15, -0.1) is 0 Å². The molecule has 1 aromatic rings. The minimum atomic E-state index is 0.369. The third-order valence-electron chi connectivity index (χ3n) is 1.81. The topological polar surface area (TPSA) is 0 Å². The molecule has 1 radical (unpaired) electrons. The highest BCUT2D eigenvalue weighted by atomic mass is 35.5. The fourth-order valence-electron chi connectivity index (χ4n) is 0.996. The van der Waals surface area contributed by atoms with E-state index in [2.05, 4.69) is 19.9 Å². The summed E-state index contributed by atoms with van der Waals surface area (Å²) in [5.41, 5.74) is 1.22. The van der Waals surface area contributed by atoms with E-state index in [1.54, 1.807) is 0 Å². The third kappa shape index (κ3) is 2.23. The van der Waals surface area contributed by atoms with E-state index in [1.807, 2.05) is 18.2 Å². The molecule has 59 valence electrons. The first-order chi connectivity index (χ1) is 5.24. The molecule has 1 rings (SSSR count).